The average Bonchev–Trinajstić information content (AvgIpc) is 3.46. The zero-order chi connectivity index (χ0) is 19.6. The van der Waals surface area contributed by atoms with Gasteiger partial charge in [0, 0.05) is 33.7 Å². The average molecular weight is 399 g/mol. The summed E-state index contributed by atoms with van der Waals surface area (Å²) in [6, 6.07) is 15.8. The highest BCUT2D eigenvalue weighted by Crippen LogP contribution is 2.23. The van der Waals surface area contributed by atoms with Gasteiger partial charge in [-0.15, -0.1) is 11.3 Å². The van der Waals surface area contributed by atoms with Crippen LogP contribution in [-0.4, -0.2) is 20.9 Å². The van der Waals surface area contributed by atoms with Crippen molar-refractivity contribution in [2.45, 2.75) is 6.92 Å². The number of para-hydroxylation sites is 1. The Morgan fingerprint density at radius 2 is 2.07 bits per heavy atom. The summed E-state index contributed by atoms with van der Waals surface area (Å²) in [6.07, 6.45) is 6.98. The van der Waals surface area contributed by atoms with Crippen LogP contribution in [0, 0.1) is 6.92 Å². The van der Waals surface area contributed by atoms with Gasteiger partial charge in [0.05, 0.1) is 24.4 Å². The van der Waals surface area contributed by atoms with Gasteiger partial charge in [-0.1, -0.05) is 18.2 Å². The van der Waals surface area contributed by atoms with Gasteiger partial charge < -0.3 is 9.40 Å². The van der Waals surface area contributed by atoms with Crippen LogP contribution in [0.4, 0.5) is 5.69 Å². The van der Waals surface area contributed by atoms with Crippen LogP contribution < -0.4 is 4.80 Å². The van der Waals surface area contributed by atoms with E-state index in [2.05, 4.69) is 22.1 Å². The molecule has 0 saturated heterocycles. The van der Waals surface area contributed by atoms with Gasteiger partial charge in [0.15, 0.2) is 5.76 Å². The Morgan fingerprint density at radius 1 is 1.14 bits per heavy atom. The number of hydrogen-bond acceptors (Lipinski definition) is 5. The molecule has 5 rings (SSSR count). The number of pyridine rings is 1. The fourth-order valence-electron chi connectivity index (χ4n) is 3.19. The van der Waals surface area contributed by atoms with Crippen LogP contribution in [0.1, 0.15) is 11.3 Å². The van der Waals surface area contributed by atoms with Crippen molar-refractivity contribution in [3.05, 3.63) is 88.6 Å². The molecule has 5 aromatic rings. The van der Waals surface area contributed by atoms with E-state index in [4.69, 9.17) is 14.5 Å². The molecule has 0 saturated carbocycles. The Balaban J connectivity index is 1.67. The number of benzene rings is 1. The molecule has 0 aliphatic carbocycles. The lowest BCUT2D eigenvalue weighted by Gasteiger charge is -2.01. The number of nitrogens with one attached hydrogen (secondary N) is 1. The van der Waals surface area contributed by atoms with Crippen LogP contribution in [0.15, 0.2) is 87.1 Å². The molecule has 4 aromatic heterocycles. The van der Waals surface area contributed by atoms with E-state index in [0.717, 1.165) is 44.1 Å². The molecule has 1 aromatic carbocycles. The van der Waals surface area contributed by atoms with Gasteiger partial charge in [0.2, 0.25) is 4.80 Å². The highest BCUT2D eigenvalue weighted by atomic mass is 32.1. The first-order valence-corrected chi connectivity index (χ1v) is 9.98. The third-order valence-corrected chi connectivity index (χ3v) is 5.39. The smallest absolute Gasteiger partial charge is 0.211 e. The lowest BCUT2D eigenvalue weighted by Crippen LogP contribution is -2.11. The van der Waals surface area contributed by atoms with E-state index >= 15 is 0 Å². The molecule has 0 atom stereocenters. The summed E-state index contributed by atoms with van der Waals surface area (Å²) in [7, 11) is 0. The van der Waals surface area contributed by atoms with Crippen molar-refractivity contribution in [2.75, 3.05) is 0 Å². The van der Waals surface area contributed by atoms with Crippen LogP contribution in [-0.2, 0) is 0 Å². The lowest BCUT2D eigenvalue weighted by molar-refractivity contribution is 0.575. The van der Waals surface area contributed by atoms with Gasteiger partial charge in [0.25, 0.3) is 0 Å². The van der Waals surface area contributed by atoms with E-state index in [-0.39, 0.29) is 0 Å². The topological polar surface area (TPSA) is 71.5 Å². The van der Waals surface area contributed by atoms with Crippen molar-refractivity contribution < 1.29 is 4.42 Å². The summed E-state index contributed by atoms with van der Waals surface area (Å²) in [4.78, 5) is 13.0. The van der Waals surface area contributed by atoms with Gasteiger partial charge in [-0.25, -0.2) is 9.67 Å². The summed E-state index contributed by atoms with van der Waals surface area (Å²) in [5, 5.41) is 7.91. The first kappa shape index (κ1) is 17.4. The number of rotatable bonds is 4. The normalized spacial score (nSPS) is 12.4. The predicted octanol–water partition coefficient (Wildman–Crippen LogP) is 5.11. The van der Waals surface area contributed by atoms with Crippen LogP contribution in [0.5, 0.6) is 0 Å². The second-order valence-electron chi connectivity index (χ2n) is 6.47. The number of hydrogen-bond donors (Lipinski definition) is 1. The lowest BCUT2D eigenvalue weighted by atomic mass is 10.1. The van der Waals surface area contributed by atoms with Crippen LogP contribution >= 0.6 is 11.3 Å². The number of aryl methyl sites for hydroxylation is 1. The highest BCUT2D eigenvalue weighted by Gasteiger charge is 2.11. The molecular weight excluding hydrogens is 382 g/mol. The highest BCUT2D eigenvalue weighted by molar-refractivity contribution is 7.07. The number of aromatic nitrogens is 3. The van der Waals surface area contributed by atoms with Gasteiger partial charge in [0.1, 0.15) is 5.69 Å². The zero-order valence-corrected chi connectivity index (χ0v) is 16.4. The van der Waals surface area contributed by atoms with Crippen molar-refractivity contribution in [2.24, 2.45) is 10.1 Å². The van der Waals surface area contributed by atoms with Crippen molar-refractivity contribution in [1.29, 1.82) is 0 Å². The minimum absolute atomic E-state index is 0.734. The largest absolute Gasteiger partial charge is 0.463 e. The minimum atomic E-state index is 0.734. The molecule has 1 N–H and O–H groups in total. The maximum Gasteiger partial charge on any atom is 0.211 e. The summed E-state index contributed by atoms with van der Waals surface area (Å²) >= 11 is 1.50. The number of H-pyrrole nitrogens is 1. The van der Waals surface area contributed by atoms with E-state index in [1.54, 1.807) is 23.3 Å². The van der Waals surface area contributed by atoms with Crippen molar-refractivity contribution >= 4 is 34.1 Å². The number of fused-ring (bicyclic) bond motifs is 1. The summed E-state index contributed by atoms with van der Waals surface area (Å²) in [5.74, 6) is 0.738. The molecule has 0 spiro atoms. The number of thiazole rings is 1. The van der Waals surface area contributed by atoms with Crippen molar-refractivity contribution in [1.82, 2.24) is 14.6 Å². The maximum atomic E-state index is 5.61. The van der Waals surface area contributed by atoms with E-state index in [1.807, 2.05) is 54.9 Å². The fourth-order valence-corrected chi connectivity index (χ4v) is 4.03. The molecule has 0 aliphatic heterocycles. The number of nitrogens with zero attached hydrogens (tertiary/aromatic N) is 4. The maximum absolute atomic E-state index is 5.61. The summed E-state index contributed by atoms with van der Waals surface area (Å²) in [6.45, 7) is 2.05. The predicted molar refractivity (Wildman–Crippen MR) is 115 cm³/mol. The standard InChI is InChI=1S/C22H17N5OS/c1-15-18(17-7-2-3-8-19(17)25-15)13-24-27-20(21-9-5-11-28-21)14-29-22(27)26-16-6-4-10-23-12-16/h2-14,25H,1H3. The molecule has 4 heterocycles. The first-order chi connectivity index (χ1) is 14.3. The molecule has 0 fully saturated rings. The Kier molecular flexibility index (Phi) is 4.42. The molecule has 0 aliphatic rings. The van der Waals surface area contributed by atoms with Crippen LogP contribution in [0.25, 0.3) is 22.4 Å². The third-order valence-electron chi connectivity index (χ3n) is 4.58. The minimum Gasteiger partial charge on any atom is -0.463 e. The number of aromatic amines is 1. The fraction of sp³-hybridized carbons (Fsp3) is 0.0455. The van der Waals surface area contributed by atoms with Gasteiger partial charge >= 0.3 is 0 Å². The number of furan rings is 1. The van der Waals surface area contributed by atoms with E-state index in [0.29, 0.717) is 0 Å². The second-order valence-corrected chi connectivity index (χ2v) is 7.31. The molecule has 0 radical (unpaired) electrons. The second kappa shape index (κ2) is 7.37. The Bertz CT molecular complexity index is 1360. The summed E-state index contributed by atoms with van der Waals surface area (Å²) < 4.78 is 7.41. The van der Waals surface area contributed by atoms with Gasteiger partial charge in [-0.05, 0) is 37.3 Å². The summed E-state index contributed by atoms with van der Waals surface area (Å²) in [5.41, 5.74) is 4.82. The van der Waals surface area contributed by atoms with E-state index in [1.165, 1.54) is 11.3 Å². The molecule has 7 heteroatoms. The molecule has 29 heavy (non-hydrogen) atoms. The van der Waals surface area contributed by atoms with E-state index in [9.17, 15) is 0 Å². The quantitative estimate of drug-likeness (QED) is 0.427. The molecule has 6 nitrogen and oxygen atoms in total. The van der Waals surface area contributed by atoms with Crippen LogP contribution in [0.3, 0.4) is 0 Å². The Labute approximate surface area is 170 Å². The molecule has 142 valence electrons. The Morgan fingerprint density at radius 3 is 2.90 bits per heavy atom. The van der Waals surface area contributed by atoms with E-state index < -0.39 is 0 Å². The first-order valence-electron chi connectivity index (χ1n) is 9.10. The molecule has 0 amide bonds. The zero-order valence-electron chi connectivity index (χ0n) is 15.6. The van der Waals surface area contributed by atoms with Crippen molar-refractivity contribution in [3.63, 3.8) is 0 Å². The Hall–Kier alpha value is -3.71. The van der Waals surface area contributed by atoms with Gasteiger partial charge in [-0.2, -0.15) is 5.10 Å². The van der Waals surface area contributed by atoms with Crippen molar-refractivity contribution in [3.8, 4) is 11.5 Å². The SMILES string of the molecule is Cc1[nH]c2ccccc2c1C=Nn1c(-c2ccco2)csc1=Nc1cccnc1. The molecular formula is C22H17N5OS. The third kappa shape index (κ3) is 3.32. The monoisotopic (exact) mass is 399 g/mol. The van der Waals surface area contributed by atoms with Gasteiger partial charge in [-0.3, -0.25) is 4.98 Å². The molecule has 0 unspecified atom stereocenters. The molecule has 0 bridgehead atoms. The van der Waals surface area contributed by atoms with Crippen LogP contribution in [0.2, 0.25) is 0 Å².